The van der Waals surface area contributed by atoms with Gasteiger partial charge < -0.3 is 0 Å². The van der Waals surface area contributed by atoms with Crippen LogP contribution in [0.5, 0.6) is 0 Å². The van der Waals surface area contributed by atoms with E-state index in [0.717, 1.165) is 33.2 Å². The van der Waals surface area contributed by atoms with Crippen molar-refractivity contribution < 1.29 is 9.36 Å². The van der Waals surface area contributed by atoms with E-state index in [4.69, 9.17) is 0 Å². The summed E-state index contributed by atoms with van der Waals surface area (Å²) in [5, 5.41) is 0. The first-order valence-corrected chi connectivity index (χ1v) is 5.58. The Kier molecular flexibility index (Phi) is 4.03. The highest BCUT2D eigenvalue weighted by Gasteiger charge is 2.20. The molecule has 1 heterocycles. The molecule has 0 aliphatic rings. The predicted molar refractivity (Wildman–Crippen MR) is 66.4 cm³/mol. The van der Waals surface area contributed by atoms with E-state index in [2.05, 4.69) is 32.2 Å². The van der Waals surface area contributed by atoms with Gasteiger partial charge in [0.25, 0.3) is 0 Å². The molecule has 0 saturated heterocycles. The molecule has 80 valence electrons. The Hall–Kier alpha value is -0.700. The average molecular weight is 240 g/mol. The quantitative estimate of drug-likeness (QED) is 0.459. The van der Waals surface area contributed by atoms with E-state index < -0.39 is 0 Å². The van der Waals surface area contributed by atoms with Gasteiger partial charge in [-0.15, -0.1) is 25.3 Å². The number of pyridine rings is 1. The third kappa shape index (κ3) is 2.12. The first-order valence-electron chi connectivity index (χ1n) is 4.68. The third-order valence-electron chi connectivity index (χ3n) is 2.55. The lowest BCUT2D eigenvalue weighted by Gasteiger charge is -2.09. The number of thiol groups is 2. The Morgan fingerprint density at radius 3 is 2.47 bits per heavy atom. The van der Waals surface area contributed by atoms with Gasteiger partial charge in [-0.1, -0.05) is 6.92 Å². The molecule has 0 aliphatic heterocycles. The number of hydrogen-bond donors (Lipinski definition) is 2. The van der Waals surface area contributed by atoms with Crippen molar-refractivity contribution in [3.63, 3.8) is 0 Å². The second-order valence-corrected chi connectivity index (χ2v) is 4.22. The van der Waals surface area contributed by atoms with Crippen LogP contribution in [0.2, 0.25) is 0 Å². The number of nitrogens with zero attached hydrogens (tertiary/aromatic N) is 1. The molecule has 0 unspecified atom stereocenters. The highest BCUT2D eigenvalue weighted by atomic mass is 32.1. The van der Waals surface area contributed by atoms with Gasteiger partial charge in [0.15, 0.2) is 5.69 Å². The van der Waals surface area contributed by atoms with Crippen molar-refractivity contribution in [1.29, 1.82) is 0 Å². The smallest absolute Gasteiger partial charge is 0.230 e. The third-order valence-corrected chi connectivity index (χ3v) is 3.74. The first-order chi connectivity index (χ1) is 7.04. The van der Waals surface area contributed by atoms with Gasteiger partial charge in [0.1, 0.15) is 13.0 Å². The number of rotatable bonds is 2. The Balaban J connectivity index is 3.67. The molecule has 2 nitrogen and oxygen atoms in total. The minimum atomic E-state index is 0.721. The molecule has 1 aromatic heterocycles. The average Bonchev–Trinajstić information content (AvgIpc) is 2.22. The van der Waals surface area contributed by atoms with E-state index in [1.807, 2.05) is 18.5 Å². The summed E-state index contributed by atoms with van der Waals surface area (Å²) in [5.74, 6) is 1.78. The van der Waals surface area contributed by atoms with Gasteiger partial charge in [0.05, 0.1) is 11.0 Å². The van der Waals surface area contributed by atoms with Crippen LogP contribution in [0.4, 0.5) is 0 Å². The second-order valence-electron chi connectivity index (χ2n) is 3.33. The van der Waals surface area contributed by atoms with Crippen molar-refractivity contribution in [2.45, 2.75) is 30.1 Å². The summed E-state index contributed by atoms with van der Waals surface area (Å²) >= 11 is 8.77. The van der Waals surface area contributed by atoms with Crippen LogP contribution in [0.15, 0.2) is 9.79 Å². The maximum absolute atomic E-state index is 10.4. The van der Waals surface area contributed by atoms with Crippen LogP contribution in [-0.4, -0.2) is 5.94 Å². The SMILES string of the molecule is CCc1c(C)c(S)c(S)c(C=C=O)[n+]1C. The minimum absolute atomic E-state index is 0.721. The van der Waals surface area contributed by atoms with E-state index in [9.17, 15) is 4.79 Å². The Bertz CT molecular complexity index is 449. The van der Waals surface area contributed by atoms with Gasteiger partial charge in [-0.3, -0.25) is 0 Å². The van der Waals surface area contributed by atoms with Crippen LogP contribution in [0.1, 0.15) is 23.9 Å². The number of carbonyl (C=O) groups excluding carboxylic acids is 1. The fraction of sp³-hybridized carbons (Fsp3) is 0.364. The Morgan fingerprint density at radius 1 is 1.40 bits per heavy atom. The Morgan fingerprint density at radius 2 is 2.00 bits per heavy atom. The molecule has 0 aliphatic carbocycles. The minimum Gasteiger partial charge on any atom is -0.233 e. The van der Waals surface area contributed by atoms with Crippen LogP contribution in [-0.2, 0) is 18.3 Å². The van der Waals surface area contributed by atoms with Crippen molar-refractivity contribution in [2.24, 2.45) is 7.05 Å². The molecule has 0 saturated carbocycles. The molecular weight excluding hydrogens is 226 g/mol. The van der Waals surface area contributed by atoms with E-state index in [0.29, 0.717) is 0 Å². The largest absolute Gasteiger partial charge is 0.233 e. The van der Waals surface area contributed by atoms with Gasteiger partial charge in [0, 0.05) is 16.9 Å². The molecule has 0 bridgehead atoms. The lowest BCUT2D eigenvalue weighted by Crippen LogP contribution is -2.38. The normalized spacial score (nSPS) is 9.93. The van der Waals surface area contributed by atoms with Crippen molar-refractivity contribution >= 4 is 37.3 Å². The first kappa shape index (κ1) is 12.4. The van der Waals surface area contributed by atoms with Gasteiger partial charge in [-0.2, -0.15) is 4.57 Å². The molecule has 0 N–H and O–H groups in total. The number of hydrogen-bond acceptors (Lipinski definition) is 3. The van der Waals surface area contributed by atoms with Gasteiger partial charge >= 0.3 is 0 Å². The molecule has 0 spiro atoms. The highest BCUT2D eigenvalue weighted by molar-refractivity contribution is 7.83. The molecule has 1 aromatic rings. The molecule has 15 heavy (non-hydrogen) atoms. The molecule has 0 fully saturated rings. The predicted octanol–water partition coefficient (Wildman–Crippen LogP) is 1.80. The standard InChI is InChI=1S/C11H13NOS2/c1-4-8-7(2)10(14)11(15)9(5-6-13)12(8)3/h5,15H,4H2,1-3H3/p+1. The molecular formula is C11H14NOS2+. The lowest BCUT2D eigenvalue weighted by molar-refractivity contribution is -0.683. The van der Waals surface area contributed by atoms with Crippen molar-refractivity contribution in [3.05, 3.63) is 17.0 Å². The van der Waals surface area contributed by atoms with Crippen LogP contribution >= 0.6 is 25.3 Å². The van der Waals surface area contributed by atoms with E-state index >= 15 is 0 Å². The summed E-state index contributed by atoms with van der Waals surface area (Å²) in [6, 6.07) is 0. The summed E-state index contributed by atoms with van der Waals surface area (Å²) < 4.78 is 1.96. The maximum Gasteiger partial charge on any atom is 0.230 e. The highest BCUT2D eigenvalue weighted by Crippen LogP contribution is 2.26. The van der Waals surface area contributed by atoms with Crippen LogP contribution in [0.3, 0.4) is 0 Å². The van der Waals surface area contributed by atoms with Crippen molar-refractivity contribution in [2.75, 3.05) is 0 Å². The van der Waals surface area contributed by atoms with Crippen molar-refractivity contribution in [1.82, 2.24) is 0 Å². The second kappa shape index (κ2) is 4.88. The summed E-state index contributed by atoms with van der Waals surface area (Å²) in [5.41, 5.74) is 3.01. The monoisotopic (exact) mass is 240 g/mol. The molecule has 0 aromatic carbocycles. The van der Waals surface area contributed by atoms with Gasteiger partial charge in [-0.05, 0) is 6.92 Å². The maximum atomic E-state index is 10.4. The zero-order chi connectivity index (χ0) is 11.6. The lowest BCUT2D eigenvalue weighted by atomic mass is 10.1. The molecule has 0 radical (unpaired) electrons. The molecule has 0 atom stereocenters. The molecule has 1 rings (SSSR count). The number of aromatic nitrogens is 1. The molecule has 0 amide bonds. The zero-order valence-corrected chi connectivity index (χ0v) is 10.8. The van der Waals surface area contributed by atoms with E-state index in [1.54, 1.807) is 5.94 Å². The summed E-state index contributed by atoms with van der Waals surface area (Å²) in [4.78, 5) is 12.0. The van der Waals surface area contributed by atoms with Crippen LogP contribution < -0.4 is 4.57 Å². The van der Waals surface area contributed by atoms with E-state index in [1.165, 1.54) is 6.08 Å². The van der Waals surface area contributed by atoms with Crippen molar-refractivity contribution in [3.8, 4) is 0 Å². The van der Waals surface area contributed by atoms with Crippen LogP contribution in [0, 0.1) is 6.92 Å². The zero-order valence-electron chi connectivity index (χ0n) is 9.03. The summed E-state index contributed by atoms with van der Waals surface area (Å²) in [7, 11) is 1.92. The molecule has 4 heteroatoms. The van der Waals surface area contributed by atoms with E-state index in [-0.39, 0.29) is 0 Å². The summed E-state index contributed by atoms with van der Waals surface area (Å²) in [6.45, 7) is 4.08. The summed E-state index contributed by atoms with van der Waals surface area (Å²) in [6.07, 6.45) is 2.28. The topological polar surface area (TPSA) is 20.9 Å². The van der Waals surface area contributed by atoms with Gasteiger partial charge in [-0.25, -0.2) is 4.79 Å². The van der Waals surface area contributed by atoms with Crippen LogP contribution in [0.25, 0.3) is 6.08 Å². The van der Waals surface area contributed by atoms with Gasteiger partial charge in [0.2, 0.25) is 5.69 Å². The Labute approximate surface area is 101 Å². The fourth-order valence-corrected chi connectivity index (χ4v) is 2.34. The fourth-order valence-electron chi connectivity index (χ4n) is 1.71.